The molecule has 0 aliphatic heterocycles. The molecule has 14 nitrogen and oxygen atoms in total. The molecular formula is C8H20O14P2. The number of hydrogen-bond acceptors (Lipinski definition) is 10. The fourth-order valence-electron chi connectivity index (χ4n) is 0.769. The van der Waals surface area contributed by atoms with Gasteiger partial charge in [-0.1, -0.05) is 0 Å². The number of aldehydes is 1. The summed E-state index contributed by atoms with van der Waals surface area (Å²) in [7, 11) is -9.28. The van der Waals surface area contributed by atoms with Gasteiger partial charge in [0.05, 0.1) is 19.8 Å². The number of rotatable bonds is 10. The number of aliphatic hydroxyl groups excluding tert-OH is 5. The first kappa shape index (κ1) is 25.9. The van der Waals surface area contributed by atoms with Crippen molar-refractivity contribution in [3.05, 3.63) is 0 Å². The lowest BCUT2D eigenvalue weighted by molar-refractivity contribution is -0.121. The van der Waals surface area contributed by atoms with Crippen molar-refractivity contribution in [3.8, 4) is 0 Å². The minimum absolute atomic E-state index is 0.0354. The minimum atomic E-state index is -4.66. The zero-order valence-electron chi connectivity index (χ0n) is 12.0. The molecule has 4 atom stereocenters. The van der Waals surface area contributed by atoms with Gasteiger partial charge in [-0.3, -0.25) is 9.05 Å². The molecule has 0 aliphatic rings. The normalized spacial score (nSPS) is 17.2. The predicted molar refractivity (Wildman–Crippen MR) is 73.2 cm³/mol. The quantitative estimate of drug-likeness (QED) is 0.124. The van der Waals surface area contributed by atoms with Crippen LogP contribution in [0.15, 0.2) is 0 Å². The average Bonchev–Trinajstić information content (AvgIpc) is 2.47. The highest BCUT2D eigenvalue weighted by molar-refractivity contribution is 7.46. The number of aliphatic hydroxyl groups is 5. The second kappa shape index (κ2) is 12.1. The second-order valence-electron chi connectivity index (χ2n) is 4.08. The maximum Gasteiger partial charge on any atom is 0.469 e. The topological polar surface area (TPSA) is 252 Å². The molecule has 0 saturated carbocycles. The molecule has 0 unspecified atom stereocenters. The molecule has 24 heavy (non-hydrogen) atoms. The zero-order chi connectivity index (χ0) is 19.6. The smallest absolute Gasteiger partial charge is 0.394 e. The van der Waals surface area contributed by atoms with E-state index in [4.69, 9.17) is 45.1 Å². The molecule has 0 radical (unpaired) electrons. The molecule has 9 N–H and O–H groups in total. The van der Waals surface area contributed by atoms with Gasteiger partial charge < -0.3 is 49.9 Å². The van der Waals surface area contributed by atoms with E-state index in [-0.39, 0.29) is 6.29 Å². The van der Waals surface area contributed by atoms with Gasteiger partial charge in [0.2, 0.25) is 0 Å². The van der Waals surface area contributed by atoms with Crippen molar-refractivity contribution in [2.24, 2.45) is 0 Å². The van der Waals surface area contributed by atoms with Gasteiger partial charge in [0, 0.05) is 0 Å². The van der Waals surface area contributed by atoms with E-state index in [0.29, 0.717) is 0 Å². The van der Waals surface area contributed by atoms with Gasteiger partial charge in [-0.05, 0) is 0 Å². The fraction of sp³-hybridized carbons (Fsp3) is 0.875. The minimum Gasteiger partial charge on any atom is -0.394 e. The maximum absolute atomic E-state index is 10.1. The standard InChI is InChI=1S/C4H11O7P.C4H9O7P/c2*5-1-3(6)4(7)2-11-12(8,9)10/h3-7H,1-2H2,(H2,8,9,10);1,3-4,6-7H,2H2,(H2,8,9,10)/t2*3-,4-/m11/s1. The predicted octanol–water partition coefficient (Wildman–Crippen LogP) is -4.17. The molecule has 16 heteroatoms. The number of carbonyl (C=O) groups excluding carboxylic acids is 1. The fourth-order valence-corrected chi connectivity index (χ4v) is 1.46. The Morgan fingerprint density at radius 1 is 0.792 bits per heavy atom. The van der Waals surface area contributed by atoms with Gasteiger partial charge in [0.15, 0.2) is 6.29 Å². The highest BCUT2D eigenvalue weighted by atomic mass is 31.2. The lowest BCUT2D eigenvalue weighted by atomic mass is 10.2. The van der Waals surface area contributed by atoms with E-state index in [1.165, 1.54) is 0 Å². The van der Waals surface area contributed by atoms with E-state index >= 15 is 0 Å². The van der Waals surface area contributed by atoms with Gasteiger partial charge in [0.1, 0.15) is 24.4 Å². The van der Waals surface area contributed by atoms with Crippen LogP contribution in [0, 0.1) is 0 Å². The van der Waals surface area contributed by atoms with Gasteiger partial charge in [0.25, 0.3) is 0 Å². The highest BCUT2D eigenvalue weighted by Gasteiger charge is 2.22. The van der Waals surface area contributed by atoms with Crippen LogP contribution in [0.3, 0.4) is 0 Å². The van der Waals surface area contributed by atoms with Crippen LogP contribution in [0.25, 0.3) is 0 Å². The number of carbonyl (C=O) groups is 1. The first-order chi connectivity index (χ1) is 10.7. The Balaban J connectivity index is 0. The second-order valence-corrected chi connectivity index (χ2v) is 6.56. The third kappa shape index (κ3) is 16.5. The maximum atomic E-state index is 10.1. The van der Waals surface area contributed by atoms with E-state index in [2.05, 4.69) is 9.05 Å². The van der Waals surface area contributed by atoms with E-state index in [1.54, 1.807) is 0 Å². The molecule has 0 aliphatic carbocycles. The van der Waals surface area contributed by atoms with Crippen LogP contribution in [0.5, 0.6) is 0 Å². The van der Waals surface area contributed by atoms with Crippen molar-refractivity contribution in [1.29, 1.82) is 0 Å². The number of hydrogen-bond donors (Lipinski definition) is 9. The molecular weight excluding hydrogens is 382 g/mol. The van der Waals surface area contributed by atoms with Gasteiger partial charge in [-0.15, -0.1) is 0 Å². The number of phosphoric acid groups is 2. The van der Waals surface area contributed by atoms with Crippen LogP contribution in [0.4, 0.5) is 0 Å². The third-order valence-electron chi connectivity index (χ3n) is 1.99. The summed E-state index contributed by atoms with van der Waals surface area (Å²) in [6, 6.07) is 0. The molecule has 0 fully saturated rings. The van der Waals surface area contributed by atoms with Gasteiger partial charge in [-0.2, -0.15) is 0 Å². The van der Waals surface area contributed by atoms with E-state index < -0.39 is 59.9 Å². The Kier molecular flexibility index (Phi) is 13.1. The van der Waals surface area contributed by atoms with Crippen molar-refractivity contribution in [2.45, 2.75) is 24.4 Å². The third-order valence-corrected chi connectivity index (χ3v) is 2.96. The lowest BCUT2D eigenvalue weighted by Crippen LogP contribution is -2.32. The molecule has 0 heterocycles. The summed E-state index contributed by atoms with van der Waals surface area (Å²) in [5.41, 5.74) is 0. The molecule has 0 aromatic rings. The summed E-state index contributed by atoms with van der Waals surface area (Å²) in [6.07, 6.45) is -6.26. The van der Waals surface area contributed by atoms with Crippen molar-refractivity contribution < 1.29 is 68.1 Å². The van der Waals surface area contributed by atoms with Crippen LogP contribution < -0.4 is 0 Å². The molecule has 0 aromatic carbocycles. The molecule has 0 rings (SSSR count). The van der Waals surface area contributed by atoms with Crippen LogP contribution in [0.1, 0.15) is 0 Å². The van der Waals surface area contributed by atoms with Gasteiger partial charge in [-0.25, -0.2) is 9.13 Å². The van der Waals surface area contributed by atoms with Gasteiger partial charge >= 0.3 is 15.6 Å². The van der Waals surface area contributed by atoms with Crippen LogP contribution >= 0.6 is 15.6 Å². The van der Waals surface area contributed by atoms with E-state index in [0.717, 1.165) is 0 Å². The Hall–Kier alpha value is -0.310. The first-order valence-electron chi connectivity index (χ1n) is 5.92. The summed E-state index contributed by atoms with van der Waals surface area (Å²) in [4.78, 5) is 42.4. The molecule has 0 bridgehead atoms. The largest absolute Gasteiger partial charge is 0.469 e. The zero-order valence-corrected chi connectivity index (χ0v) is 13.8. The average molecular weight is 402 g/mol. The Morgan fingerprint density at radius 3 is 1.46 bits per heavy atom. The molecule has 0 aromatic heterocycles. The van der Waals surface area contributed by atoms with E-state index in [1.807, 2.05) is 0 Å². The summed E-state index contributed by atoms with van der Waals surface area (Å²) >= 11 is 0. The molecule has 0 amide bonds. The Labute approximate surface area is 135 Å². The van der Waals surface area contributed by atoms with Crippen molar-refractivity contribution in [1.82, 2.24) is 0 Å². The van der Waals surface area contributed by atoms with E-state index in [9.17, 15) is 13.9 Å². The molecule has 0 spiro atoms. The molecule has 0 saturated heterocycles. The van der Waals surface area contributed by atoms with Crippen molar-refractivity contribution >= 4 is 21.9 Å². The summed E-state index contributed by atoms with van der Waals surface area (Å²) in [5, 5.41) is 43.1. The van der Waals surface area contributed by atoms with Crippen molar-refractivity contribution in [2.75, 3.05) is 19.8 Å². The summed E-state index contributed by atoms with van der Waals surface area (Å²) in [5.74, 6) is 0. The number of phosphoric ester groups is 2. The van der Waals surface area contributed by atoms with Crippen LogP contribution in [-0.2, 0) is 23.0 Å². The Morgan fingerprint density at radius 2 is 1.17 bits per heavy atom. The monoisotopic (exact) mass is 402 g/mol. The van der Waals surface area contributed by atoms with Crippen LogP contribution in [-0.4, -0.2) is 95.6 Å². The van der Waals surface area contributed by atoms with Crippen LogP contribution in [0.2, 0.25) is 0 Å². The lowest BCUT2D eigenvalue weighted by Gasteiger charge is -2.15. The molecule has 146 valence electrons. The summed E-state index contributed by atoms with van der Waals surface area (Å²) in [6.45, 7) is -2.23. The Bertz CT molecular complexity index is 430. The highest BCUT2D eigenvalue weighted by Crippen LogP contribution is 2.36. The van der Waals surface area contributed by atoms with Crippen molar-refractivity contribution in [3.63, 3.8) is 0 Å². The SMILES string of the molecule is O=C[C@@H](O)[C@H](O)COP(=O)(O)O.O=P(O)(O)OC[C@@H](O)[C@H](O)CO. The summed E-state index contributed by atoms with van der Waals surface area (Å²) < 4.78 is 27.8. The first-order valence-corrected chi connectivity index (χ1v) is 8.98.